The molecule has 1 aliphatic carbocycles. The van der Waals surface area contributed by atoms with E-state index in [1.54, 1.807) is 0 Å². The van der Waals surface area contributed by atoms with Gasteiger partial charge in [-0.05, 0) is 24.8 Å². The van der Waals surface area contributed by atoms with Gasteiger partial charge in [-0.2, -0.15) is 5.10 Å². The van der Waals surface area contributed by atoms with Crippen LogP contribution in [0.4, 0.5) is 0 Å². The molecule has 0 aromatic carbocycles. The minimum atomic E-state index is -0.129. The molecule has 1 aliphatic heterocycles. The van der Waals surface area contributed by atoms with Crippen LogP contribution in [0.2, 0.25) is 0 Å². The third-order valence-corrected chi connectivity index (χ3v) is 4.97. The number of nitrogens with one attached hydrogen (secondary N) is 1. The highest BCUT2D eigenvalue weighted by atomic mass is 16.2. The van der Waals surface area contributed by atoms with Crippen molar-refractivity contribution in [3.63, 3.8) is 0 Å². The highest BCUT2D eigenvalue weighted by Crippen LogP contribution is 2.27. The van der Waals surface area contributed by atoms with Crippen molar-refractivity contribution >= 4 is 11.8 Å². The SMILES string of the molecule is CC(C)CNC(=O)c1cc2n(n1)CCN(C(=O)C1CCCCC1)C2. The van der Waals surface area contributed by atoms with Gasteiger partial charge in [0, 0.05) is 19.0 Å². The van der Waals surface area contributed by atoms with Crippen LogP contribution in [0.3, 0.4) is 0 Å². The molecule has 0 bridgehead atoms. The van der Waals surface area contributed by atoms with Crippen LogP contribution in [0.25, 0.3) is 0 Å². The van der Waals surface area contributed by atoms with Crippen LogP contribution in [0.5, 0.6) is 0 Å². The predicted molar refractivity (Wildman–Crippen MR) is 91.4 cm³/mol. The standard InChI is InChI=1S/C18H28N4O2/c1-13(2)11-19-17(23)16-10-15-12-21(8-9-22(15)20-16)18(24)14-6-4-3-5-7-14/h10,13-14H,3-9,11-12H2,1-2H3,(H,19,23). The summed E-state index contributed by atoms with van der Waals surface area (Å²) in [7, 11) is 0. The second-order valence-electron chi connectivity index (χ2n) is 7.44. The molecule has 6 nitrogen and oxygen atoms in total. The molecule has 1 aromatic heterocycles. The third-order valence-electron chi connectivity index (χ3n) is 4.97. The van der Waals surface area contributed by atoms with E-state index >= 15 is 0 Å². The van der Waals surface area contributed by atoms with Gasteiger partial charge in [-0.1, -0.05) is 33.1 Å². The summed E-state index contributed by atoms with van der Waals surface area (Å²) in [6, 6.07) is 1.83. The summed E-state index contributed by atoms with van der Waals surface area (Å²) in [6.45, 7) is 6.70. The average molecular weight is 332 g/mol. The Hall–Kier alpha value is -1.85. The monoisotopic (exact) mass is 332 g/mol. The smallest absolute Gasteiger partial charge is 0.271 e. The minimum Gasteiger partial charge on any atom is -0.350 e. The lowest BCUT2D eigenvalue weighted by molar-refractivity contribution is -0.138. The lowest BCUT2D eigenvalue weighted by Crippen LogP contribution is -2.42. The number of carbonyl (C=O) groups is 2. The first-order chi connectivity index (χ1) is 11.5. The first kappa shape index (κ1) is 17.0. The molecule has 1 N–H and O–H groups in total. The van der Waals surface area contributed by atoms with E-state index in [4.69, 9.17) is 0 Å². The summed E-state index contributed by atoms with van der Waals surface area (Å²) in [5.41, 5.74) is 1.41. The Morgan fingerprint density at radius 3 is 2.71 bits per heavy atom. The highest BCUT2D eigenvalue weighted by Gasteiger charge is 2.29. The fourth-order valence-electron chi connectivity index (χ4n) is 3.56. The van der Waals surface area contributed by atoms with Crippen LogP contribution < -0.4 is 5.32 Å². The Bertz CT molecular complexity index is 602. The van der Waals surface area contributed by atoms with Crippen LogP contribution in [0, 0.1) is 11.8 Å². The van der Waals surface area contributed by atoms with Gasteiger partial charge in [0.2, 0.25) is 5.91 Å². The zero-order chi connectivity index (χ0) is 17.1. The number of fused-ring (bicyclic) bond motifs is 1. The van der Waals surface area contributed by atoms with Crippen LogP contribution in [-0.2, 0) is 17.9 Å². The van der Waals surface area contributed by atoms with Crippen LogP contribution in [0.1, 0.15) is 62.1 Å². The number of carbonyl (C=O) groups excluding carboxylic acids is 2. The van der Waals surface area contributed by atoms with Gasteiger partial charge >= 0.3 is 0 Å². The van der Waals surface area contributed by atoms with E-state index in [0.29, 0.717) is 37.8 Å². The lowest BCUT2D eigenvalue weighted by Gasteiger charge is -2.32. The molecule has 0 atom stereocenters. The second-order valence-corrected chi connectivity index (χ2v) is 7.44. The Morgan fingerprint density at radius 2 is 2.00 bits per heavy atom. The van der Waals surface area contributed by atoms with E-state index in [0.717, 1.165) is 18.5 Å². The van der Waals surface area contributed by atoms with Crippen molar-refractivity contribution in [1.82, 2.24) is 20.0 Å². The third kappa shape index (κ3) is 3.79. The van der Waals surface area contributed by atoms with E-state index in [1.165, 1.54) is 19.3 Å². The first-order valence-corrected chi connectivity index (χ1v) is 9.18. The van der Waals surface area contributed by atoms with Crippen LogP contribution >= 0.6 is 0 Å². The fourth-order valence-corrected chi connectivity index (χ4v) is 3.56. The summed E-state index contributed by atoms with van der Waals surface area (Å²) in [6.07, 6.45) is 5.64. The van der Waals surface area contributed by atoms with Gasteiger partial charge in [0.1, 0.15) is 0 Å². The average Bonchev–Trinajstić information content (AvgIpc) is 3.03. The van der Waals surface area contributed by atoms with Crippen molar-refractivity contribution in [2.24, 2.45) is 11.8 Å². The molecular formula is C18H28N4O2. The lowest BCUT2D eigenvalue weighted by atomic mass is 9.88. The largest absolute Gasteiger partial charge is 0.350 e. The maximum atomic E-state index is 12.7. The molecule has 0 unspecified atom stereocenters. The molecule has 2 amide bonds. The van der Waals surface area contributed by atoms with Gasteiger partial charge in [-0.15, -0.1) is 0 Å². The summed E-state index contributed by atoms with van der Waals surface area (Å²) >= 11 is 0. The van der Waals surface area contributed by atoms with E-state index in [1.807, 2.05) is 15.6 Å². The zero-order valence-corrected chi connectivity index (χ0v) is 14.8. The number of aromatic nitrogens is 2. The van der Waals surface area contributed by atoms with Crippen molar-refractivity contribution in [3.05, 3.63) is 17.5 Å². The Morgan fingerprint density at radius 1 is 1.25 bits per heavy atom. The van der Waals surface area contributed by atoms with Crippen LogP contribution in [0.15, 0.2) is 6.07 Å². The molecule has 1 aromatic rings. The molecule has 132 valence electrons. The molecule has 24 heavy (non-hydrogen) atoms. The molecule has 1 fully saturated rings. The quantitative estimate of drug-likeness (QED) is 0.919. The Kier molecular flexibility index (Phi) is 5.21. The van der Waals surface area contributed by atoms with Gasteiger partial charge < -0.3 is 10.2 Å². The van der Waals surface area contributed by atoms with Gasteiger partial charge in [0.15, 0.2) is 5.69 Å². The summed E-state index contributed by atoms with van der Waals surface area (Å²) in [5, 5.41) is 7.30. The number of hydrogen-bond acceptors (Lipinski definition) is 3. The molecule has 6 heteroatoms. The highest BCUT2D eigenvalue weighted by molar-refractivity contribution is 5.92. The van der Waals surface area contributed by atoms with Crippen molar-refractivity contribution in [2.75, 3.05) is 13.1 Å². The zero-order valence-electron chi connectivity index (χ0n) is 14.8. The van der Waals surface area contributed by atoms with Gasteiger partial charge in [0.05, 0.1) is 18.8 Å². The first-order valence-electron chi connectivity index (χ1n) is 9.18. The number of amides is 2. The van der Waals surface area contributed by atoms with E-state index in [9.17, 15) is 9.59 Å². The van der Waals surface area contributed by atoms with E-state index in [-0.39, 0.29) is 17.7 Å². The number of nitrogens with zero attached hydrogens (tertiary/aromatic N) is 3. The number of rotatable bonds is 4. The van der Waals surface area contributed by atoms with E-state index < -0.39 is 0 Å². The molecule has 1 saturated carbocycles. The molecule has 0 radical (unpaired) electrons. The van der Waals surface area contributed by atoms with Crippen molar-refractivity contribution in [3.8, 4) is 0 Å². The van der Waals surface area contributed by atoms with E-state index in [2.05, 4.69) is 24.3 Å². The molecule has 2 heterocycles. The predicted octanol–water partition coefficient (Wildman–Crippen LogP) is 2.19. The summed E-state index contributed by atoms with van der Waals surface area (Å²) in [4.78, 5) is 26.8. The summed E-state index contributed by atoms with van der Waals surface area (Å²) < 4.78 is 1.87. The normalized spacial score (nSPS) is 18.5. The molecular weight excluding hydrogens is 304 g/mol. The van der Waals surface area contributed by atoms with Gasteiger partial charge in [0.25, 0.3) is 5.91 Å². The Labute approximate surface area is 143 Å². The minimum absolute atomic E-state index is 0.129. The van der Waals surface area contributed by atoms with Crippen molar-refractivity contribution < 1.29 is 9.59 Å². The van der Waals surface area contributed by atoms with Gasteiger partial charge in [-0.25, -0.2) is 0 Å². The summed E-state index contributed by atoms with van der Waals surface area (Å²) in [5.74, 6) is 0.764. The van der Waals surface area contributed by atoms with Gasteiger partial charge in [-0.3, -0.25) is 14.3 Å². The van der Waals surface area contributed by atoms with Crippen molar-refractivity contribution in [2.45, 2.75) is 59.0 Å². The second kappa shape index (κ2) is 7.36. The molecule has 0 spiro atoms. The fraction of sp³-hybridized carbons (Fsp3) is 0.722. The molecule has 3 rings (SSSR count). The van der Waals surface area contributed by atoms with Crippen molar-refractivity contribution in [1.29, 1.82) is 0 Å². The number of hydrogen-bond donors (Lipinski definition) is 1. The van der Waals surface area contributed by atoms with Crippen LogP contribution in [-0.4, -0.2) is 39.6 Å². The maximum absolute atomic E-state index is 12.7. The maximum Gasteiger partial charge on any atom is 0.271 e. The molecule has 2 aliphatic rings. The Balaban J connectivity index is 1.63. The molecule has 0 saturated heterocycles. The topological polar surface area (TPSA) is 67.2 Å².